The van der Waals surface area contributed by atoms with Gasteiger partial charge in [-0.05, 0) is 105 Å². The molecule has 0 bridgehead atoms. The zero-order valence-corrected chi connectivity index (χ0v) is 31.6. The number of carbonyl (C=O) groups excluding carboxylic acids is 4. The maximum atomic E-state index is 13.5. The summed E-state index contributed by atoms with van der Waals surface area (Å²) in [6.07, 6.45) is 1.54. The van der Waals surface area contributed by atoms with Crippen LogP contribution < -0.4 is 10.0 Å². The molecule has 2 saturated heterocycles. The third kappa shape index (κ3) is 11.8. The molecule has 0 spiro atoms. The first-order chi connectivity index (χ1) is 23.0. The second kappa shape index (κ2) is 16.2. The average molecular weight is 723 g/mol. The minimum Gasteiger partial charge on any atom is -0.481 e. The maximum absolute atomic E-state index is 13.5. The predicted octanol–water partition coefficient (Wildman–Crippen LogP) is 2.32. The fraction of sp³-hybridized carbons (Fsp3) is 0.686. The molecule has 14 nitrogen and oxygen atoms in total. The van der Waals surface area contributed by atoms with Gasteiger partial charge in [-0.3, -0.25) is 28.9 Å². The van der Waals surface area contributed by atoms with Gasteiger partial charge in [-0.2, -0.15) is 4.72 Å². The molecular formula is C35H54N4O10S. The van der Waals surface area contributed by atoms with Crippen molar-refractivity contribution in [3.05, 3.63) is 28.8 Å². The Morgan fingerprint density at radius 1 is 0.900 bits per heavy atom. The molecule has 280 valence electrons. The molecule has 1 aromatic carbocycles. The summed E-state index contributed by atoms with van der Waals surface area (Å²) < 4.78 is 40.3. The average Bonchev–Trinajstić information content (AvgIpc) is 3.40. The van der Waals surface area contributed by atoms with E-state index in [1.807, 2.05) is 32.6 Å². The zero-order valence-electron chi connectivity index (χ0n) is 30.8. The summed E-state index contributed by atoms with van der Waals surface area (Å²) in [5, 5.41) is 12.5. The highest BCUT2D eigenvalue weighted by atomic mass is 32.2. The van der Waals surface area contributed by atoms with Gasteiger partial charge >= 0.3 is 17.9 Å². The van der Waals surface area contributed by atoms with E-state index in [9.17, 15) is 37.5 Å². The number of hydrogen-bond donors (Lipinski definition) is 3. The van der Waals surface area contributed by atoms with E-state index in [-0.39, 0.29) is 48.7 Å². The Morgan fingerprint density at radius 2 is 1.44 bits per heavy atom. The molecule has 2 aliphatic rings. The summed E-state index contributed by atoms with van der Waals surface area (Å²) in [6, 6.07) is 1.90. The van der Waals surface area contributed by atoms with E-state index < -0.39 is 63.5 Å². The molecule has 2 heterocycles. The molecule has 2 fully saturated rings. The Kier molecular flexibility index (Phi) is 13.2. The van der Waals surface area contributed by atoms with Crippen LogP contribution in [0.25, 0.3) is 0 Å². The van der Waals surface area contributed by atoms with Crippen LogP contribution in [0.5, 0.6) is 0 Å². The van der Waals surface area contributed by atoms with Gasteiger partial charge in [0.1, 0.15) is 17.2 Å². The standard InChI is InChI=1S/C35H54N4O10S/c1-21-14-22(2)30(23(3)15-21)50(46,47)37-27(33(45)49-35(7,8)9)17-36-31(42)25-18-39(19-26(25)32(43)44)28(40)16-24-10-12-38(13-11-24)20-29(41)48-34(4,5)6/h14-15,24-27,37H,10-13,16-20H2,1-9H3,(H,36,42)(H,43,44)/t25-,26-,27+/m1/s1. The molecule has 0 saturated carbocycles. The molecule has 50 heavy (non-hydrogen) atoms. The molecule has 3 atom stereocenters. The number of benzene rings is 1. The first-order valence-electron chi connectivity index (χ1n) is 17.0. The molecule has 0 aromatic heterocycles. The maximum Gasteiger partial charge on any atom is 0.326 e. The molecule has 0 radical (unpaired) electrons. The predicted molar refractivity (Wildman–Crippen MR) is 184 cm³/mol. The third-order valence-corrected chi connectivity index (χ3v) is 10.4. The lowest BCUT2D eigenvalue weighted by molar-refractivity contribution is -0.157. The number of piperidine rings is 1. The summed E-state index contributed by atoms with van der Waals surface area (Å²) in [4.78, 5) is 67.7. The van der Waals surface area contributed by atoms with Crippen molar-refractivity contribution in [2.24, 2.45) is 17.8 Å². The molecule has 0 aliphatic carbocycles. The summed E-state index contributed by atoms with van der Waals surface area (Å²) in [5.41, 5.74) is 0.294. The van der Waals surface area contributed by atoms with Gasteiger partial charge in [0, 0.05) is 26.1 Å². The van der Waals surface area contributed by atoms with E-state index in [4.69, 9.17) is 9.47 Å². The number of ether oxygens (including phenoxy) is 2. The van der Waals surface area contributed by atoms with Crippen LogP contribution in [-0.4, -0.2) is 110 Å². The van der Waals surface area contributed by atoms with Crippen LogP contribution in [0.4, 0.5) is 0 Å². The largest absolute Gasteiger partial charge is 0.481 e. The van der Waals surface area contributed by atoms with Crippen LogP contribution in [0, 0.1) is 38.5 Å². The van der Waals surface area contributed by atoms with Crippen molar-refractivity contribution in [2.45, 2.75) is 104 Å². The van der Waals surface area contributed by atoms with Crippen molar-refractivity contribution in [1.29, 1.82) is 0 Å². The van der Waals surface area contributed by atoms with Gasteiger partial charge in [-0.1, -0.05) is 17.7 Å². The number of nitrogens with zero attached hydrogens (tertiary/aromatic N) is 2. The van der Waals surface area contributed by atoms with E-state index in [2.05, 4.69) is 10.0 Å². The highest BCUT2D eigenvalue weighted by Gasteiger charge is 2.44. The molecule has 2 amide bonds. The van der Waals surface area contributed by atoms with E-state index in [0.717, 1.165) is 5.56 Å². The fourth-order valence-corrected chi connectivity index (χ4v) is 8.16. The molecule has 1 aromatic rings. The number of carboxylic acids is 1. The molecule has 3 rings (SSSR count). The van der Waals surface area contributed by atoms with Gasteiger partial charge in [-0.25, -0.2) is 8.42 Å². The highest BCUT2D eigenvalue weighted by Crippen LogP contribution is 2.28. The van der Waals surface area contributed by atoms with Crippen molar-refractivity contribution in [1.82, 2.24) is 19.8 Å². The fourth-order valence-electron chi connectivity index (χ4n) is 6.52. The number of carbonyl (C=O) groups is 5. The topological polar surface area (TPSA) is 189 Å². The second-order valence-corrected chi connectivity index (χ2v) is 17.2. The SMILES string of the molecule is Cc1cc(C)c(S(=O)(=O)N[C@@H](CNC(=O)[C@@H]2CN(C(=O)CC3CCN(CC(=O)OC(C)(C)C)CC3)C[C@H]2C(=O)O)C(=O)OC(C)(C)C)c(C)c1. The van der Waals surface area contributed by atoms with Crippen LogP contribution in [-0.2, 0) is 43.5 Å². The number of carboxylic acid groups (broad SMARTS) is 1. The van der Waals surface area contributed by atoms with Crippen molar-refractivity contribution in [3.8, 4) is 0 Å². The Balaban J connectivity index is 1.65. The number of rotatable bonds is 12. The monoisotopic (exact) mass is 722 g/mol. The summed E-state index contributed by atoms with van der Waals surface area (Å²) in [5.74, 6) is -5.73. The minimum atomic E-state index is -4.26. The van der Waals surface area contributed by atoms with Crippen LogP contribution in [0.15, 0.2) is 17.0 Å². The van der Waals surface area contributed by atoms with Crippen LogP contribution in [0.2, 0.25) is 0 Å². The van der Waals surface area contributed by atoms with E-state index in [0.29, 0.717) is 37.1 Å². The van der Waals surface area contributed by atoms with Crippen molar-refractivity contribution in [3.63, 3.8) is 0 Å². The Morgan fingerprint density at radius 3 is 1.96 bits per heavy atom. The zero-order chi connectivity index (χ0) is 37.8. The lowest BCUT2D eigenvalue weighted by atomic mass is 9.93. The van der Waals surface area contributed by atoms with Crippen LogP contribution >= 0.6 is 0 Å². The summed E-state index contributed by atoms with van der Waals surface area (Å²) in [6.45, 7) is 16.0. The Bertz CT molecular complexity index is 1530. The quantitative estimate of drug-likeness (QED) is 0.269. The van der Waals surface area contributed by atoms with Crippen molar-refractivity contribution >= 4 is 39.7 Å². The molecule has 3 N–H and O–H groups in total. The lowest BCUT2D eigenvalue weighted by Gasteiger charge is -2.32. The van der Waals surface area contributed by atoms with Crippen molar-refractivity contribution in [2.75, 3.05) is 39.3 Å². The van der Waals surface area contributed by atoms with Gasteiger partial charge in [0.05, 0.1) is 23.3 Å². The van der Waals surface area contributed by atoms with Crippen LogP contribution in [0.3, 0.4) is 0 Å². The number of aryl methyl sites for hydroxylation is 3. The number of amides is 2. The molecule has 0 unspecified atom stereocenters. The van der Waals surface area contributed by atoms with Gasteiger partial charge in [0.2, 0.25) is 21.8 Å². The molecule has 2 aliphatic heterocycles. The minimum absolute atomic E-state index is 0.00703. The summed E-state index contributed by atoms with van der Waals surface area (Å²) in [7, 11) is -4.26. The first kappa shape index (κ1) is 40.9. The van der Waals surface area contributed by atoms with Crippen molar-refractivity contribution < 1.29 is 47.0 Å². The van der Waals surface area contributed by atoms with Gasteiger partial charge in [-0.15, -0.1) is 0 Å². The lowest BCUT2D eigenvalue weighted by Crippen LogP contribution is -2.52. The number of aliphatic carboxylic acids is 1. The number of nitrogens with one attached hydrogen (secondary N) is 2. The summed E-state index contributed by atoms with van der Waals surface area (Å²) >= 11 is 0. The van der Waals surface area contributed by atoms with Gasteiger partial charge in [0.25, 0.3) is 0 Å². The molecule has 15 heteroatoms. The van der Waals surface area contributed by atoms with E-state index >= 15 is 0 Å². The van der Waals surface area contributed by atoms with E-state index in [1.54, 1.807) is 46.8 Å². The Labute approximate surface area is 295 Å². The number of hydrogen-bond acceptors (Lipinski definition) is 10. The smallest absolute Gasteiger partial charge is 0.326 e. The van der Waals surface area contributed by atoms with E-state index in [1.165, 1.54) is 4.90 Å². The number of likely N-dealkylation sites (tertiary alicyclic amines) is 2. The van der Waals surface area contributed by atoms with Crippen LogP contribution in [0.1, 0.15) is 77.5 Å². The molecular weight excluding hydrogens is 668 g/mol. The number of esters is 2. The third-order valence-electron chi connectivity index (χ3n) is 8.61. The Hall–Kier alpha value is -3.56. The second-order valence-electron chi connectivity index (χ2n) is 15.5. The highest BCUT2D eigenvalue weighted by molar-refractivity contribution is 7.89. The first-order valence-corrected chi connectivity index (χ1v) is 18.5. The van der Waals surface area contributed by atoms with Gasteiger partial charge in [0.15, 0.2) is 0 Å². The number of sulfonamides is 1. The van der Waals surface area contributed by atoms with Gasteiger partial charge < -0.3 is 24.8 Å². The normalized spacial score (nSPS) is 19.9.